The summed E-state index contributed by atoms with van der Waals surface area (Å²) in [6.07, 6.45) is 0. The molecule has 2 aromatic carbocycles. The lowest BCUT2D eigenvalue weighted by Gasteiger charge is -2.30. The number of nitrogens with one attached hydrogen (secondary N) is 1. The van der Waals surface area contributed by atoms with E-state index in [9.17, 15) is 9.18 Å². The van der Waals surface area contributed by atoms with E-state index in [1.807, 2.05) is 18.2 Å². The number of carbonyl (C=O) groups excluding carboxylic acids is 1. The number of rotatable bonds is 7. The maximum absolute atomic E-state index is 13.9. The summed E-state index contributed by atoms with van der Waals surface area (Å²) in [6, 6.07) is 14.5. The third kappa shape index (κ3) is 4.65. The molecule has 1 N–H and O–H groups in total. The summed E-state index contributed by atoms with van der Waals surface area (Å²) in [4.78, 5) is 14.6. The van der Waals surface area contributed by atoms with Crippen molar-refractivity contribution in [3.05, 3.63) is 69.9 Å². The van der Waals surface area contributed by atoms with Crippen molar-refractivity contribution in [1.82, 2.24) is 10.2 Å². The van der Waals surface area contributed by atoms with Crippen LogP contribution >= 0.6 is 15.9 Å². The van der Waals surface area contributed by atoms with Crippen LogP contribution in [0.5, 0.6) is 0 Å². The van der Waals surface area contributed by atoms with Crippen molar-refractivity contribution >= 4 is 21.8 Å². The third-order valence-electron chi connectivity index (χ3n) is 4.07. The van der Waals surface area contributed by atoms with E-state index in [1.54, 1.807) is 6.07 Å². The molecule has 0 unspecified atom stereocenters. The second-order valence-corrected chi connectivity index (χ2v) is 6.40. The summed E-state index contributed by atoms with van der Waals surface area (Å²) in [5, 5.41) is 2.87. The Morgan fingerprint density at radius 2 is 1.83 bits per heavy atom. The third-order valence-corrected chi connectivity index (χ3v) is 4.56. The van der Waals surface area contributed by atoms with E-state index < -0.39 is 11.7 Å². The van der Waals surface area contributed by atoms with E-state index in [2.05, 4.69) is 52.1 Å². The Morgan fingerprint density at radius 3 is 2.46 bits per heavy atom. The zero-order valence-corrected chi connectivity index (χ0v) is 15.5. The first-order chi connectivity index (χ1) is 11.6. The molecule has 5 heteroatoms. The molecule has 0 saturated heterocycles. The lowest BCUT2D eigenvalue weighted by Crippen LogP contribution is -2.38. The molecule has 24 heavy (non-hydrogen) atoms. The molecular formula is C19H22BrFN2O. The molecule has 2 rings (SSSR count). The van der Waals surface area contributed by atoms with Gasteiger partial charge in [0.2, 0.25) is 0 Å². The zero-order chi connectivity index (χ0) is 17.5. The van der Waals surface area contributed by atoms with Gasteiger partial charge in [-0.15, -0.1) is 0 Å². The Kier molecular flexibility index (Phi) is 6.94. The molecule has 0 aliphatic carbocycles. The molecule has 0 bridgehead atoms. The summed E-state index contributed by atoms with van der Waals surface area (Å²) in [5.41, 5.74) is 1.19. The predicted molar refractivity (Wildman–Crippen MR) is 98.5 cm³/mol. The van der Waals surface area contributed by atoms with E-state index in [-0.39, 0.29) is 11.6 Å². The van der Waals surface area contributed by atoms with Crippen LogP contribution in [-0.4, -0.2) is 30.4 Å². The average Bonchev–Trinajstić information content (AvgIpc) is 2.61. The SMILES string of the molecule is CCN(CC)[C@H](CNC(=O)c1cc(Br)ccc1F)c1ccccc1. The molecule has 1 amide bonds. The summed E-state index contributed by atoms with van der Waals surface area (Å²) in [5.74, 6) is -0.920. The van der Waals surface area contributed by atoms with E-state index in [4.69, 9.17) is 0 Å². The molecule has 0 fully saturated rings. The summed E-state index contributed by atoms with van der Waals surface area (Å²) in [6.45, 7) is 6.36. The number of carbonyl (C=O) groups is 1. The lowest BCUT2D eigenvalue weighted by atomic mass is 10.0. The van der Waals surface area contributed by atoms with Crippen molar-refractivity contribution in [3.8, 4) is 0 Å². The van der Waals surface area contributed by atoms with Crippen LogP contribution in [-0.2, 0) is 0 Å². The van der Waals surface area contributed by atoms with Gasteiger partial charge in [-0.05, 0) is 36.9 Å². The average molecular weight is 393 g/mol. The minimum atomic E-state index is -0.519. The van der Waals surface area contributed by atoms with Gasteiger partial charge >= 0.3 is 0 Å². The molecule has 2 aromatic rings. The molecule has 1 atom stereocenters. The Balaban J connectivity index is 2.15. The Bertz CT molecular complexity index is 674. The number of hydrogen-bond acceptors (Lipinski definition) is 2. The van der Waals surface area contributed by atoms with Crippen LogP contribution in [0.15, 0.2) is 53.0 Å². The summed E-state index contributed by atoms with van der Waals surface area (Å²) < 4.78 is 14.5. The van der Waals surface area contributed by atoms with E-state index in [0.717, 1.165) is 18.7 Å². The van der Waals surface area contributed by atoms with Crippen LogP contribution in [0.2, 0.25) is 0 Å². The van der Waals surface area contributed by atoms with Crippen LogP contribution in [0.1, 0.15) is 35.8 Å². The van der Waals surface area contributed by atoms with Crippen molar-refractivity contribution < 1.29 is 9.18 Å². The Hall–Kier alpha value is -1.72. The first kappa shape index (κ1) is 18.6. The number of amides is 1. The van der Waals surface area contributed by atoms with E-state index >= 15 is 0 Å². The van der Waals surface area contributed by atoms with Gasteiger partial charge in [-0.3, -0.25) is 9.69 Å². The lowest BCUT2D eigenvalue weighted by molar-refractivity contribution is 0.0931. The first-order valence-electron chi connectivity index (χ1n) is 8.09. The van der Waals surface area contributed by atoms with Crippen LogP contribution < -0.4 is 5.32 Å². The molecule has 128 valence electrons. The van der Waals surface area contributed by atoms with Gasteiger partial charge in [-0.2, -0.15) is 0 Å². The quantitative estimate of drug-likeness (QED) is 0.756. The highest BCUT2D eigenvalue weighted by Gasteiger charge is 2.20. The van der Waals surface area contributed by atoms with Gasteiger partial charge in [0.1, 0.15) is 5.82 Å². The van der Waals surface area contributed by atoms with Crippen molar-refractivity contribution in [2.24, 2.45) is 0 Å². The normalized spacial score (nSPS) is 12.2. The van der Waals surface area contributed by atoms with Crippen molar-refractivity contribution in [2.45, 2.75) is 19.9 Å². The number of benzene rings is 2. The highest BCUT2D eigenvalue weighted by molar-refractivity contribution is 9.10. The molecule has 0 aliphatic rings. The minimum Gasteiger partial charge on any atom is -0.350 e. The summed E-state index contributed by atoms with van der Waals surface area (Å²) in [7, 11) is 0. The molecule has 0 saturated carbocycles. The second-order valence-electron chi connectivity index (χ2n) is 5.48. The van der Waals surface area contributed by atoms with Crippen LogP contribution in [0.25, 0.3) is 0 Å². The van der Waals surface area contributed by atoms with Gasteiger partial charge in [0, 0.05) is 11.0 Å². The molecule has 0 spiro atoms. The number of nitrogens with zero attached hydrogens (tertiary/aromatic N) is 1. The highest BCUT2D eigenvalue weighted by Crippen LogP contribution is 2.20. The predicted octanol–water partition coefficient (Wildman–Crippen LogP) is 4.40. The monoisotopic (exact) mass is 392 g/mol. The molecule has 0 heterocycles. The standard InChI is InChI=1S/C19H22BrFN2O/c1-3-23(4-2)18(14-8-6-5-7-9-14)13-22-19(24)16-12-15(20)10-11-17(16)21/h5-12,18H,3-4,13H2,1-2H3,(H,22,24)/t18-/m1/s1. The molecular weight excluding hydrogens is 371 g/mol. The van der Waals surface area contributed by atoms with Gasteiger partial charge in [-0.1, -0.05) is 60.1 Å². The zero-order valence-electron chi connectivity index (χ0n) is 13.9. The van der Waals surface area contributed by atoms with Gasteiger partial charge < -0.3 is 5.32 Å². The maximum Gasteiger partial charge on any atom is 0.254 e. The van der Waals surface area contributed by atoms with Gasteiger partial charge in [0.15, 0.2) is 0 Å². The molecule has 0 aliphatic heterocycles. The van der Waals surface area contributed by atoms with Crippen LogP contribution in [0.3, 0.4) is 0 Å². The fraction of sp³-hybridized carbons (Fsp3) is 0.316. The van der Waals surface area contributed by atoms with Crippen LogP contribution in [0.4, 0.5) is 4.39 Å². The van der Waals surface area contributed by atoms with Crippen molar-refractivity contribution in [1.29, 1.82) is 0 Å². The van der Waals surface area contributed by atoms with Crippen LogP contribution in [0, 0.1) is 5.82 Å². The van der Waals surface area contributed by atoms with Gasteiger partial charge in [-0.25, -0.2) is 4.39 Å². The van der Waals surface area contributed by atoms with Crippen molar-refractivity contribution in [2.75, 3.05) is 19.6 Å². The highest BCUT2D eigenvalue weighted by atomic mass is 79.9. The second kappa shape index (κ2) is 8.94. The Labute approximate surface area is 151 Å². The molecule has 0 radical (unpaired) electrons. The molecule has 3 nitrogen and oxygen atoms in total. The minimum absolute atomic E-state index is 0.0516. The topological polar surface area (TPSA) is 32.3 Å². The Morgan fingerprint density at radius 1 is 1.17 bits per heavy atom. The fourth-order valence-electron chi connectivity index (χ4n) is 2.75. The van der Waals surface area contributed by atoms with E-state index in [0.29, 0.717) is 11.0 Å². The number of likely N-dealkylation sites (N-methyl/N-ethyl adjacent to an activating group) is 1. The molecule has 0 aromatic heterocycles. The number of halogens is 2. The fourth-order valence-corrected chi connectivity index (χ4v) is 3.11. The largest absolute Gasteiger partial charge is 0.350 e. The van der Waals surface area contributed by atoms with E-state index in [1.165, 1.54) is 12.1 Å². The first-order valence-corrected chi connectivity index (χ1v) is 8.88. The summed E-state index contributed by atoms with van der Waals surface area (Å²) >= 11 is 3.27. The van der Waals surface area contributed by atoms with Gasteiger partial charge in [0.25, 0.3) is 5.91 Å². The van der Waals surface area contributed by atoms with Crippen molar-refractivity contribution in [3.63, 3.8) is 0 Å². The van der Waals surface area contributed by atoms with Gasteiger partial charge in [0.05, 0.1) is 11.6 Å². The smallest absolute Gasteiger partial charge is 0.254 e. The number of hydrogen-bond donors (Lipinski definition) is 1. The maximum atomic E-state index is 13.9.